The van der Waals surface area contributed by atoms with Gasteiger partial charge < -0.3 is 10.5 Å². The van der Waals surface area contributed by atoms with Gasteiger partial charge in [0.1, 0.15) is 24.0 Å². The SMILES string of the molecule is Cc1cccc(OCc2[nH]nc(N)c2C#N)c1. The maximum absolute atomic E-state index is 8.88. The Morgan fingerprint density at radius 1 is 1.53 bits per heavy atom. The topological polar surface area (TPSA) is 87.7 Å². The molecule has 5 heteroatoms. The summed E-state index contributed by atoms with van der Waals surface area (Å²) in [6.07, 6.45) is 0. The molecule has 0 unspecified atom stereocenters. The highest BCUT2D eigenvalue weighted by Gasteiger charge is 2.10. The third-order valence-corrected chi connectivity index (χ3v) is 2.35. The number of nitrogens with zero attached hydrogens (tertiary/aromatic N) is 2. The Morgan fingerprint density at radius 3 is 3.06 bits per heavy atom. The van der Waals surface area contributed by atoms with Crippen LogP contribution in [-0.2, 0) is 6.61 Å². The molecule has 5 nitrogen and oxygen atoms in total. The molecule has 0 saturated carbocycles. The van der Waals surface area contributed by atoms with Crippen molar-refractivity contribution in [3.63, 3.8) is 0 Å². The number of hydrogen-bond acceptors (Lipinski definition) is 4. The number of ether oxygens (including phenoxy) is 1. The zero-order chi connectivity index (χ0) is 12.3. The lowest BCUT2D eigenvalue weighted by Crippen LogP contribution is -1.98. The van der Waals surface area contributed by atoms with Crippen LogP contribution in [0.1, 0.15) is 16.8 Å². The summed E-state index contributed by atoms with van der Waals surface area (Å²) >= 11 is 0. The molecule has 0 radical (unpaired) electrons. The number of aromatic nitrogens is 2. The minimum absolute atomic E-state index is 0.204. The predicted octanol–water partition coefficient (Wildman–Crippen LogP) is 1.75. The summed E-state index contributed by atoms with van der Waals surface area (Å²) < 4.78 is 5.55. The highest BCUT2D eigenvalue weighted by molar-refractivity contribution is 5.50. The Kier molecular flexibility index (Phi) is 2.97. The number of aromatic amines is 1. The van der Waals surface area contributed by atoms with Crippen LogP contribution in [0.2, 0.25) is 0 Å². The summed E-state index contributed by atoms with van der Waals surface area (Å²) in [6.45, 7) is 2.23. The number of H-pyrrole nitrogens is 1. The van der Waals surface area contributed by atoms with E-state index in [2.05, 4.69) is 10.2 Å². The Hall–Kier alpha value is -2.48. The maximum atomic E-state index is 8.88. The number of nitriles is 1. The zero-order valence-electron chi connectivity index (χ0n) is 9.40. The van der Waals surface area contributed by atoms with Crippen molar-refractivity contribution in [2.24, 2.45) is 0 Å². The summed E-state index contributed by atoms with van der Waals surface area (Å²) in [6, 6.07) is 9.68. The molecule has 1 aromatic carbocycles. The lowest BCUT2D eigenvalue weighted by atomic mass is 10.2. The smallest absolute Gasteiger partial charge is 0.163 e. The lowest BCUT2D eigenvalue weighted by molar-refractivity contribution is 0.300. The molecule has 0 spiro atoms. The molecular weight excluding hydrogens is 216 g/mol. The molecule has 0 fully saturated rings. The summed E-state index contributed by atoms with van der Waals surface area (Å²) in [7, 11) is 0. The molecule has 0 aliphatic carbocycles. The van der Waals surface area contributed by atoms with E-state index in [1.807, 2.05) is 37.3 Å². The number of aryl methyl sites for hydroxylation is 1. The molecule has 0 amide bonds. The average molecular weight is 228 g/mol. The van der Waals surface area contributed by atoms with Crippen LogP contribution in [-0.4, -0.2) is 10.2 Å². The van der Waals surface area contributed by atoms with E-state index in [1.54, 1.807) is 0 Å². The Bertz CT molecular complexity index is 568. The fraction of sp³-hybridized carbons (Fsp3) is 0.167. The first-order chi connectivity index (χ1) is 8.20. The van der Waals surface area contributed by atoms with Crippen LogP contribution in [0.3, 0.4) is 0 Å². The van der Waals surface area contributed by atoms with Gasteiger partial charge in [-0.15, -0.1) is 0 Å². The molecule has 0 aliphatic heterocycles. The van der Waals surface area contributed by atoms with E-state index >= 15 is 0 Å². The van der Waals surface area contributed by atoms with Crippen molar-refractivity contribution in [2.45, 2.75) is 13.5 Å². The van der Waals surface area contributed by atoms with Gasteiger partial charge in [-0.3, -0.25) is 5.10 Å². The molecule has 0 saturated heterocycles. The Morgan fingerprint density at radius 2 is 2.35 bits per heavy atom. The van der Waals surface area contributed by atoms with Crippen LogP contribution in [0.25, 0.3) is 0 Å². The second-order valence-electron chi connectivity index (χ2n) is 3.68. The van der Waals surface area contributed by atoms with Crippen LogP contribution in [0.15, 0.2) is 24.3 Å². The van der Waals surface area contributed by atoms with E-state index in [9.17, 15) is 0 Å². The maximum Gasteiger partial charge on any atom is 0.163 e. The van der Waals surface area contributed by atoms with Crippen LogP contribution in [0.4, 0.5) is 5.82 Å². The van der Waals surface area contributed by atoms with Crippen LogP contribution < -0.4 is 10.5 Å². The van der Waals surface area contributed by atoms with Crippen molar-refractivity contribution in [1.29, 1.82) is 5.26 Å². The highest BCUT2D eigenvalue weighted by Crippen LogP contribution is 2.17. The van der Waals surface area contributed by atoms with Gasteiger partial charge in [0.15, 0.2) is 5.82 Å². The highest BCUT2D eigenvalue weighted by atomic mass is 16.5. The number of benzene rings is 1. The van der Waals surface area contributed by atoms with E-state index in [0.717, 1.165) is 11.3 Å². The van der Waals surface area contributed by atoms with Gasteiger partial charge in [0.25, 0.3) is 0 Å². The van der Waals surface area contributed by atoms with Crippen molar-refractivity contribution in [2.75, 3.05) is 5.73 Å². The summed E-state index contributed by atoms with van der Waals surface area (Å²) in [4.78, 5) is 0. The van der Waals surface area contributed by atoms with Gasteiger partial charge in [0, 0.05) is 0 Å². The van der Waals surface area contributed by atoms with E-state index in [1.165, 1.54) is 0 Å². The normalized spacial score (nSPS) is 9.88. The number of nitrogen functional groups attached to an aromatic ring is 1. The van der Waals surface area contributed by atoms with Crippen molar-refractivity contribution in [3.05, 3.63) is 41.1 Å². The number of nitrogens with one attached hydrogen (secondary N) is 1. The number of nitrogens with two attached hydrogens (primary N) is 1. The Labute approximate surface area is 98.8 Å². The molecule has 0 bridgehead atoms. The monoisotopic (exact) mass is 228 g/mol. The van der Waals surface area contributed by atoms with Crippen molar-refractivity contribution < 1.29 is 4.74 Å². The predicted molar refractivity (Wildman–Crippen MR) is 63.2 cm³/mol. The first-order valence-electron chi connectivity index (χ1n) is 5.13. The fourth-order valence-electron chi connectivity index (χ4n) is 1.48. The average Bonchev–Trinajstić information content (AvgIpc) is 2.67. The van der Waals surface area contributed by atoms with E-state index < -0.39 is 0 Å². The number of rotatable bonds is 3. The van der Waals surface area contributed by atoms with Crippen LogP contribution >= 0.6 is 0 Å². The molecule has 17 heavy (non-hydrogen) atoms. The summed E-state index contributed by atoms with van der Waals surface area (Å²) in [5.41, 5.74) is 7.58. The molecule has 1 heterocycles. The second kappa shape index (κ2) is 4.58. The van der Waals surface area contributed by atoms with Crippen LogP contribution in [0.5, 0.6) is 5.75 Å². The minimum Gasteiger partial charge on any atom is -0.487 e. The third kappa shape index (κ3) is 2.37. The van der Waals surface area contributed by atoms with Crippen molar-refractivity contribution in [3.8, 4) is 11.8 Å². The quantitative estimate of drug-likeness (QED) is 0.837. The van der Waals surface area contributed by atoms with Crippen molar-refractivity contribution in [1.82, 2.24) is 10.2 Å². The first-order valence-corrected chi connectivity index (χ1v) is 5.13. The van der Waals surface area contributed by atoms with E-state index in [4.69, 9.17) is 15.7 Å². The lowest BCUT2D eigenvalue weighted by Gasteiger charge is -2.05. The van der Waals surface area contributed by atoms with Gasteiger partial charge in [-0.25, -0.2) is 0 Å². The van der Waals surface area contributed by atoms with Gasteiger partial charge in [-0.05, 0) is 24.6 Å². The van der Waals surface area contributed by atoms with E-state index in [0.29, 0.717) is 11.3 Å². The molecule has 3 N–H and O–H groups in total. The molecular formula is C12H12N4O. The number of hydrogen-bond donors (Lipinski definition) is 2. The van der Waals surface area contributed by atoms with Gasteiger partial charge in [-0.1, -0.05) is 12.1 Å². The molecule has 2 rings (SSSR count). The Balaban J connectivity index is 2.10. The summed E-state index contributed by atoms with van der Waals surface area (Å²) in [5, 5.41) is 15.3. The first kappa shape index (κ1) is 11.0. The van der Waals surface area contributed by atoms with Crippen molar-refractivity contribution >= 4 is 5.82 Å². The van der Waals surface area contributed by atoms with Gasteiger partial charge in [0.2, 0.25) is 0 Å². The van der Waals surface area contributed by atoms with Crippen LogP contribution in [0, 0.1) is 18.3 Å². The molecule has 2 aromatic rings. The number of anilines is 1. The summed E-state index contributed by atoms with van der Waals surface area (Å²) in [5.74, 6) is 0.956. The fourth-order valence-corrected chi connectivity index (χ4v) is 1.48. The largest absolute Gasteiger partial charge is 0.487 e. The van der Waals surface area contributed by atoms with Gasteiger partial charge in [0.05, 0.1) is 5.69 Å². The minimum atomic E-state index is 0.204. The second-order valence-corrected chi connectivity index (χ2v) is 3.68. The van der Waals surface area contributed by atoms with E-state index in [-0.39, 0.29) is 12.4 Å². The molecule has 0 atom stereocenters. The van der Waals surface area contributed by atoms with Gasteiger partial charge >= 0.3 is 0 Å². The third-order valence-electron chi connectivity index (χ3n) is 2.35. The zero-order valence-corrected chi connectivity index (χ0v) is 9.40. The molecule has 1 aromatic heterocycles. The standard InChI is InChI=1S/C12H12N4O/c1-8-3-2-4-9(5-8)17-7-11-10(6-13)12(14)16-15-11/h2-5H,7H2,1H3,(H3,14,15,16). The molecule has 0 aliphatic rings. The molecule has 86 valence electrons. The van der Waals surface area contributed by atoms with Gasteiger partial charge in [-0.2, -0.15) is 10.4 Å².